The average molecular weight is 405 g/mol. The van der Waals surface area contributed by atoms with Crippen molar-refractivity contribution in [2.45, 2.75) is 45.4 Å². The molecular formula is C21H21F2NO3S. The number of nitrogens with zero attached hydrogens (tertiary/aromatic N) is 1. The number of benzene rings is 1. The van der Waals surface area contributed by atoms with Gasteiger partial charge in [-0.2, -0.15) is 0 Å². The van der Waals surface area contributed by atoms with Crippen LogP contribution in [0.25, 0.3) is 16.0 Å². The Morgan fingerprint density at radius 1 is 1.11 bits per heavy atom. The molecule has 0 aliphatic heterocycles. The van der Waals surface area contributed by atoms with Gasteiger partial charge < -0.3 is 5.11 Å². The van der Waals surface area contributed by atoms with Gasteiger partial charge in [0.05, 0.1) is 0 Å². The first-order valence-electron chi connectivity index (χ1n) is 9.29. The quantitative estimate of drug-likeness (QED) is 0.502. The third-order valence-electron chi connectivity index (χ3n) is 4.76. The lowest BCUT2D eigenvalue weighted by molar-refractivity contribution is 0.0689. The van der Waals surface area contributed by atoms with Crippen molar-refractivity contribution in [1.82, 2.24) is 4.40 Å². The highest BCUT2D eigenvalue weighted by molar-refractivity contribution is 7.16. The van der Waals surface area contributed by atoms with Crippen LogP contribution >= 0.6 is 11.3 Å². The van der Waals surface area contributed by atoms with Crippen LogP contribution in [-0.2, 0) is 6.42 Å². The summed E-state index contributed by atoms with van der Waals surface area (Å²) >= 11 is 1.12. The van der Waals surface area contributed by atoms with Gasteiger partial charge in [0.1, 0.15) is 10.5 Å². The number of carbonyl (C=O) groups is 1. The average Bonchev–Trinajstić information content (AvgIpc) is 3.10. The number of aryl methyl sites for hydroxylation is 1. The molecule has 3 aromatic rings. The Hall–Kier alpha value is -2.54. The maximum absolute atomic E-state index is 13.9. The van der Waals surface area contributed by atoms with Crippen LogP contribution in [0, 0.1) is 11.6 Å². The summed E-state index contributed by atoms with van der Waals surface area (Å²) in [5, 5.41) is 10.8. The number of aromatic nitrogens is 1. The standard InChI is InChI=1S/C21H21F2NO3S/c1-2-3-4-5-6-7-13-11-18(25)24-17(21(26)27)12-28-20(24)19(13)14-8-9-15(22)16(23)10-14/h8-12H,2-7H2,1H3,(H,26,27). The van der Waals surface area contributed by atoms with Crippen molar-refractivity contribution in [3.05, 3.63) is 62.9 Å². The minimum atomic E-state index is -1.21. The van der Waals surface area contributed by atoms with Crippen LogP contribution in [0.2, 0.25) is 0 Å². The van der Waals surface area contributed by atoms with E-state index in [4.69, 9.17) is 0 Å². The Morgan fingerprint density at radius 2 is 1.86 bits per heavy atom. The van der Waals surface area contributed by atoms with Crippen molar-refractivity contribution in [2.24, 2.45) is 0 Å². The molecule has 0 fully saturated rings. The zero-order chi connectivity index (χ0) is 20.3. The van der Waals surface area contributed by atoms with E-state index in [1.54, 1.807) is 0 Å². The van der Waals surface area contributed by atoms with Gasteiger partial charge in [-0.25, -0.2) is 13.6 Å². The smallest absolute Gasteiger partial charge is 0.353 e. The number of rotatable bonds is 8. The molecular weight excluding hydrogens is 384 g/mol. The number of halogens is 2. The summed E-state index contributed by atoms with van der Waals surface area (Å²) in [6, 6.07) is 5.01. The predicted octanol–water partition coefficient (Wildman–Crippen LogP) is 5.52. The Balaban J connectivity index is 2.14. The number of thiazole rings is 1. The van der Waals surface area contributed by atoms with Crippen LogP contribution in [0.3, 0.4) is 0 Å². The van der Waals surface area contributed by atoms with Crippen molar-refractivity contribution < 1.29 is 18.7 Å². The molecule has 0 aliphatic carbocycles. The van der Waals surface area contributed by atoms with Gasteiger partial charge in [-0.3, -0.25) is 9.20 Å². The van der Waals surface area contributed by atoms with Crippen LogP contribution in [0.1, 0.15) is 55.1 Å². The minimum absolute atomic E-state index is 0.136. The monoisotopic (exact) mass is 405 g/mol. The van der Waals surface area contributed by atoms with Gasteiger partial charge >= 0.3 is 5.97 Å². The van der Waals surface area contributed by atoms with E-state index in [-0.39, 0.29) is 5.69 Å². The molecule has 28 heavy (non-hydrogen) atoms. The Morgan fingerprint density at radius 3 is 2.54 bits per heavy atom. The fourth-order valence-electron chi connectivity index (χ4n) is 3.36. The summed E-state index contributed by atoms with van der Waals surface area (Å²) in [7, 11) is 0. The fraction of sp³-hybridized carbons (Fsp3) is 0.333. The van der Waals surface area contributed by atoms with E-state index < -0.39 is 23.2 Å². The summed E-state index contributed by atoms with van der Waals surface area (Å²) in [4.78, 5) is 24.5. The van der Waals surface area contributed by atoms with E-state index in [0.29, 0.717) is 22.4 Å². The second-order valence-electron chi connectivity index (χ2n) is 6.74. The lowest BCUT2D eigenvalue weighted by atomic mass is 9.97. The summed E-state index contributed by atoms with van der Waals surface area (Å²) in [6.45, 7) is 2.13. The lowest BCUT2D eigenvalue weighted by Crippen LogP contribution is -2.18. The molecule has 0 saturated carbocycles. The molecule has 0 aliphatic rings. The van der Waals surface area contributed by atoms with Crippen LogP contribution in [0.15, 0.2) is 34.4 Å². The molecule has 0 radical (unpaired) electrons. The zero-order valence-corrected chi connectivity index (χ0v) is 16.3. The van der Waals surface area contributed by atoms with Crippen LogP contribution < -0.4 is 5.56 Å². The first kappa shape index (κ1) is 20.2. The number of fused-ring (bicyclic) bond motifs is 1. The van der Waals surface area contributed by atoms with E-state index in [0.717, 1.165) is 65.5 Å². The van der Waals surface area contributed by atoms with E-state index in [1.165, 1.54) is 17.5 Å². The molecule has 2 heterocycles. The number of hydrogen-bond donors (Lipinski definition) is 1. The van der Waals surface area contributed by atoms with Gasteiger partial charge in [0, 0.05) is 17.0 Å². The van der Waals surface area contributed by atoms with Crippen LogP contribution in [0.5, 0.6) is 0 Å². The van der Waals surface area contributed by atoms with Crippen molar-refractivity contribution in [3.63, 3.8) is 0 Å². The highest BCUT2D eigenvalue weighted by Gasteiger charge is 2.20. The van der Waals surface area contributed by atoms with Crippen LogP contribution in [0.4, 0.5) is 8.78 Å². The topological polar surface area (TPSA) is 58.8 Å². The fourth-order valence-corrected chi connectivity index (χ4v) is 4.45. The van der Waals surface area contributed by atoms with E-state index in [2.05, 4.69) is 6.92 Å². The van der Waals surface area contributed by atoms with Gasteiger partial charge in [0.2, 0.25) is 0 Å². The Bertz CT molecular complexity index is 1070. The number of aromatic carboxylic acids is 1. The van der Waals surface area contributed by atoms with Crippen molar-refractivity contribution >= 4 is 22.1 Å². The van der Waals surface area contributed by atoms with Crippen molar-refractivity contribution in [2.75, 3.05) is 0 Å². The summed E-state index contributed by atoms with van der Waals surface area (Å²) in [6.07, 6.45) is 5.86. The first-order valence-corrected chi connectivity index (χ1v) is 10.2. The third kappa shape index (κ3) is 3.99. The zero-order valence-electron chi connectivity index (χ0n) is 15.5. The largest absolute Gasteiger partial charge is 0.477 e. The normalized spacial score (nSPS) is 11.2. The maximum atomic E-state index is 13.9. The molecule has 0 unspecified atom stereocenters. The van der Waals surface area contributed by atoms with E-state index in [1.807, 2.05) is 0 Å². The molecule has 0 bridgehead atoms. The molecule has 3 rings (SSSR count). The van der Waals surface area contributed by atoms with Crippen molar-refractivity contribution in [3.8, 4) is 11.1 Å². The molecule has 2 aromatic heterocycles. The number of unbranched alkanes of at least 4 members (excludes halogenated alkanes) is 4. The lowest BCUT2D eigenvalue weighted by Gasteiger charge is -2.12. The molecule has 0 amide bonds. The second kappa shape index (κ2) is 8.65. The first-order chi connectivity index (χ1) is 13.4. The van der Waals surface area contributed by atoms with Crippen molar-refractivity contribution in [1.29, 1.82) is 0 Å². The van der Waals surface area contributed by atoms with Gasteiger partial charge in [-0.1, -0.05) is 38.7 Å². The SMILES string of the molecule is CCCCCCCc1cc(=O)n2c(C(=O)O)csc2c1-c1ccc(F)c(F)c1. The molecule has 7 heteroatoms. The highest BCUT2D eigenvalue weighted by atomic mass is 32.1. The summed E-state index contributed by atoms with van der Waals surface area (Å²) in [5.74, 6) is -3.14. The molecule has 0 saturated heterocycles. The highest BCUT2D eigenvalue weighted by Crippen LogP contribution is 2.33. The third-order valence-corrected chi connectivity index (χ3v) is 5.71. The summed E-state index contributed by atoms with van der Waals surface area (Å²) < 4.78 is 28.4. The second-order valence-corrected chi connectivity index (χ2v) is 7.60. The van der Waals surface area contributed by atoms with E-state index in [9.17, 15) is 23.5 Å². The number of hydrogen-bond acceptors (Lipinski definition) is 3. The molecule has 148 valence electrons. The van der Waals surface area contributed by atoms with Gasteiger partial charge in [-0.05, 0) is 36.1 Å². The number of pyridine rings is 1. The molecule has 0 spiro atoms. The molecule has 4 nitrogen and oxygen atoms in total. The molecule has 1 N–H and O–H groups in total. The maximum Gasteiger partial charge on any atom is 0.353 e. The van der Waals surface area contributed by atoms with Gasteiger partial charge in [0.25, 0.3) is 5.56 Å². The summed E-state index contributed by atoms with van der Waals surface area (Å²) in [5.41, 5.74) is 1.18. The van der Waals surface area contributed by atoms with E-state index >= 15 is 0 Å². The van der Waals surface area contributed by atoms with Crippen LogP contribution in [-0.4, -0.2) is 15.5 Å². The van der Waals surface area contributed by atoms with Gasteiger partial charge in [-0.15, -0.1) is 11.3 Å². The van der Waals surface area contributed by atoms with Gasteiger partial charge in [0.15, 0.2) is 11.6 Å². The number of carboxylic acids is 1. The Kier molecular flexibility index (Phi) is 6.24. The number of carboxylic acid groups (broad SMARTS) is 1. The Labute approximate surface area is 165 Å². The molecule has 1 aromatic carbocycles. The molecule has 0 atom stereocenters. The predicted molar refractivity (Wildman–Crippen MR) is 106 cm³/mol. The minimum Gasteiger partial charge on any atom is -0.477 e.